The topological polar surface area (TPSA) is 133 Å². The predicted molar refractivity (Wildman–Crippen MR) is 100 cm³/mol. The molecule has 28 heavy (non-hydrogen) atoms. The molecule has 0 saturated carbocycles. The van der Waals surface area contributed by atoms with Crippen molar-refractivity contribution in [3.8, 4) is 5.95 Å². The van der Waals surface area contributed by atoms with Gasteiger partial charge in [0.2, 0.25) is 0 Å². The SMILES string of the molecule is Nn1c(-n2cc(C(=O)O)cn2)nc2ccc(C(=O)c3ccccc3)cc2c1=O. The van der Waals surface area contributed by atoms with Gasteiger partial charge in [-0.2, -0.15) is 9.77 Å². The fraction of sp³-hybridized carbons (Fsp3) is 0. The van der Waals surface area contributed by atoms with Crippen LogP contribution in [0.4, 0.5) is 0 Å². The number of carbonyl (C=O) groups is 2. The lowest BCUT2D eigenvalue weighted by Crippen LogP contribution is -2.32. The van der Waals surface area contributed by atoms with Crippen LogP contribution >= 0.6 is 0 Å². The molecule has 0 fully saturated rings. The number of fused-ring (bicyclic) bond motifs is 1. The van der Waals surface area contributed by atoms with Crippen LogP contribution in [0.25, 0.3) is 16.9 Å². The van der Waals surface area contributed by atoms with Gasteiger partial charge in [-0.15, -0.1) is 0 Å². The van der Waals surface area contributed by atoms with Crippen molar-refractivity contribution >= 4 is 22.7 Å². The van der Waals surface area contributed by atoms with Crippen LogP contribution in [0.5, 0.6) is 0 Å². The van der Waals surface area contributed by atoms with E-state index in [4.69, 9.17) is 10.9 Å². The Hall–Kier alpha value is -4.27. The van der Waals surface area contributed by atoms with Crippen molar-refractivity contribution in [3.63, 3.8) is 0 Å². The molecule has 0 unspecified atom stereocenters. The monoisotopic (exact) mass is 375 g/mol. The third kappa shape index (κ3) is 2.80. The molecule has 0 atom stereocenters. The highest BCUT2D eigenvalue weighted by Gasteiger charge is 2.16. The molecule has 2 aromatic carbocycles. The number of nitrogens with two attached hydrogens (primary N) is 1. The minimum atomic E-state index is -1.16. The van der Waals surface area contributed by atoms with Crippen LogP contribution in [0.15, 0.2) is 65.7 Å². The zero-order chi connectivity index (χ0) is 19.8. The Balaban J connectivity index is 1.83. The van der Waals surface area contributed by atoms with Crippen LogP contribution in [-0.4, -0.2) is 36.3 Å². The van der Waals surface area contributed by atoms with Gasteiger partial charge in [-0.3, -0.25) is 9.59 Å². The van der Waals surface area contributed by atoms with Crippen LogP contribution in [-0.2, 0) is 0 Å². The van der Waals surface area contributed by atoms with Gasteiger partial charge in [0, 0.05) is 17.3 Å². The summed E-state index contributed by atoms with van der Waals surface area (Å²) in [5, 5.41) is 13.1. The van der Waals surface area contributed by atoms with Crippen molar-refractivity contribution in [2.75, 3.05) is 5.84 Å². The minimum Gasteiger partial charge on any atom is -0.478 e. The standard InChI is InChI=1S/C19H13N5O4/c20-24-17(26)14-8-12(16(25)11-4-2-1-3-5-11)6-7-15(14)22-19(24)23-10-13(9-21-23)18(27)28/h1-10H,20H2,(H,27,28). The summed E-state index contributed by atoms with van der Waals surface area (Å²) in [5.74, 6) is 4.41. The molecule has 9 heteroatoms. The van der Waals surface area contributed by atoms with Gasteiger partial charge in [-0.1, -0.05) is 30.3 Å². The van der Waals surface area contributed by atoms with Gasteiger partial charge >= 0.3 is 5.97 Å². The van der Waals surface area contributed by atoms with Crippen LogP contribution in [0.1, 0.15) is 26.3 Å². The second-order valence-corrected chi connectivity index (χ2v) is 5.99. The number of aromatic nitrogens is 4. The maximum atomic E-state index is 12.7. The quantitative estimate of drug-likeness (QED) is 0.405. The highest BCUT2D eigenvalue weighted by atomic mass is 16.4. The molecule has 4 aromatic rings. The Labute approximate surface area is 157 Å². The van der Waals surface area contributed by atoms with Gasteiger partial charge in [0.05, 0.1) is 22.7 Å². The van der Waals surface area contributed by atoms with Crippen LogP contribution in [0.3, 0.4) is 0 Å². The van der Waals surface area contributed by atoms with Crippen molar-refractivity contribution in [2.24, 2.45) is 0 Å². The maximum Gasteiger partial charge on any atom is 0.338 e. The van der Waals surface area contributed by atoms with Gasteiger partial charge < -0.3 is 10.9 Å². The van der Waals surface area contributed by atoms with Crippen molar-refractivity contribution in [1.82, 2.24) is 19.4 Å². The molecule has 0 bridgehead atoms. The molecule has 0 radical (unpaired) electrons. The third-order valence-corrected chi connectivity index (χ3v) is 4.21. The van der Waals surface area contributed by atoms with E-state index in [2.05, 4.69) is 10.1 Å². The fourth-order valence-corrected chi connectivity index (χ4v) is 2.79. The number of carboxylic acids is 1. The van der Waals surface area contributed by atoms with Gasteiger partial charge in [-0.05, 0) is 18.2 Å². The normalized spacial score (nSPS) is 10.9. The van der Waals surface area contributed by atoms with E-state index < -0.39 is 11.5 Å². The molecular weight excluding hydrogens is 362 g/mol. The Morgan fingerprint density at radius 1 is 1.00 bits per heavy atom. The summed E-state index contributed by atoms with van der Waals surface area (Å²) in [6.07, 6.45) is 2.33. The number of ketones is 1. The third-order valence-electron chi connectivity index (χ3n) is 4.21. The second-order valence-electron chi connectivity index (χ2n) is 5.99. The van der Waals surface area contributed by atoms with Gasteiger partial charge in [-0.25, -0.2) is 14.5 Å². The number of hydrogen-bond acceptors (Lipinski definition) is 6. The molecule has 138 valence electrons. The van der Waals surface area contributed by atoms with E-state index in [-0.39, 0.29) is 22.7 Å². The highest BCUT2D eigenvalue weighted by molar-refractivity contribution is 6.10. The second kappa shape index (κ2) is 6.47. The predicted octanol–water partition coefficient (Wildman–Crippen LogP) is 1.23. The number of rotatable bonds is 4. The van der Waals surface area contributed by atoms with E-state index >= 15 is 0 Å². The lowest BCUT2D eigenvalue weighted by molar-refractivity contribution is 0.0696. The summed E-state index contributed by atoms with van der Waals surface area (Å²) in [6.45, 7) is 0. The van der Waals surface area contributed by atoms with E-state index in [1.54, 1.807) is 36.4 Å². The lowest BCUT2D eigenvalue weighted by Gasteiger charge is -2.09. The number of nitrogen functional groups attached to an aromatic ring is 1. The molecule has 0 aliphatic heterocycles. The average Bonchev–Trinajstić information content (AvgIpc) is 3.21. The van der Waals surface area contributed by atoms with Gasteiger partial charge in [0.15, 0.2) is 5.78 Å². The molecule has 2 aromatic heterocycles. The number of carbonyl (C=O) groups excluding carboxylic acids is 1. The summed E-state index contributed by atoms with van der Waals surface area (Å²) in [7, 11) is 0. The first-order valence-corrected chi connectivity index (χ1v) is 8.15. The van der Waals surface area contributed by atoms with Crippen molar-refractivity contribution in [1.29, 1.82) is 0 Å². The molecule has 0 aliphatic carbocycles. The molecule has 3 N–H and O–H groups in total. The van der Waals surface area contributed by atoms with Crippen molar-refractivity contribution in [3.05, 3.63) is 88.0 Å². The van der Waals surface area contributed by atoms with Crippen LogP contribution in [0, 0.1) is 0 Å². The Bertz CT molecular complexity index is 1290. The maximum absolute atomic E-state index is 12.7. The lowest BCUT2D eigenvalue weighted by atomic mass is 10.0. The molecule has 4 rings (SSSR count). The number of aromatic carboxylic acids is 1. The largest absolute Gasteiger partial charge is 0.478 e. The summed E-state index contributed by atoms with van der Waals surface area (Å²) in [5.41, 5.74) is 0.474. The number of hydrogen-bond donors (Lipinski definition) is 2. The average molecular weight is 375 g/mol. The zero-order valence-corrected chi connectivity index (χ0v) is 14.3. The summed E-state index contributed by atoms with van der Waals surface area (Å²) in [6, 6.07) is 13.2. The van der Waals surface area contributed by atoms with E-state index in [0.717, 1.165) is 15.6 Å². The number of carboxylic acid groups (broad SMARTS) is 1. The Kier molecular flexibility index (Phi) is 3.96. The molecule has 0 saturated heterocycles. The van der Waals surface area contributed by atoms with E-state index in [9.17, 15) is 14.4 Å². The van der Waals surface area contributed by atoms with Crippen LogP contribution in [0.2, 0.25) is 0 Å². The summed E-state index contributed by atoms with van der Waals surface area (Å²) >= 11 is 0. The first-order valence-electron chi connectivity index (χ1n) is 8.15. The smallest absolute Gasteiger partial charge is 0.338 e. The first kappa shape index (κ1) is 17.2. The van der Waals surface area contributed by atoms with Gasteiger partial charge in [0.1, 0.15) is 0 Å². The fourth-order valence-electron chi connectivity index (χ4n) is 2.79. The van der Waals surface area contributed by atoms with E-state index in [1.807, 2.05) is 0 Å². The highest BCUT2D eigenvalue weighted by Crippen LogP contribution is 2.16. The molecule has 0 spiro atoms. The molecule has 2 heterocycles. The number of benzene rings is 2. The van der Waals surface area contributed by atoms with E-state index in [0.29, 0.717) is 16.6 Å². The van der Waals surface area contributed by atoms with Gasteiger partial charge in [0.25, 0.3) is 11.5 Å². The molecular formula is C19H13N5O4. The summed E-state index contributed by atoms with van der Waals surface area (Å²) < 4.78 is 1.87. The Morgan fingerprint density at radius 2 is 1.75 bits per heavy atom. The van der Waals surface area contributed by atoms with Crippen molar-refractivity contribution < 1.29 is 14.7 Å². The minimum absolute atomic E-state index is 0.0489. The molecule has 0 aliphatic rings. The first-order chi connectivity index (χ1) is 13.5. The number of nitrogens with zero attached hydrogens (tertiary/aromatic N) is 4. The summed E-state index contributed by atoms with van der Waals surface area (Å²) in [4.78, 5) is 40.6. The van der Waals surface area contributed by atoms with E-state index in [1.165, 1.54) is 18.3 Å². The Morgan fingerprint density at radius 3 is 2.43 bits per heavy atom. The molecule has 9 nitrogen and oxygen atoms in total. The zero-order valence-electron chi connectivity index (χ0n) is 14.3. The molecule has 0 amide bonds. The van der Waals surface area contributed by atoms with Crippen molar-refractivity contribution in [2.45, 2.75) is 0 Å². The van der Waals surface area contributed by atoms with Crippen LogP contribution < -0.4 is 11.4 Å².